The van der Waals surface area contributed by atoms with Gasteiger partial charge in [-0.15, -0.1) is 0 Å². The number of aromatic nitrogens is 1. The van der Waals surface area contributed by atoms with E-state index >= 15 is 0 Å². The molecule has 2 N–H and O–H groups in total. The summed E-state index contributed by atoms with van der Waals surface area (Å²) in [4.78, 5) is 14.8. The second-order valence-corrected chi connectivity index (χ2v) is 2.67. The lowest BCUT2D eigenvalue weighted by atomic mass is 10.2. The van der Waals surface area contributed by atoms with Gasteiger partial charge in [-0.2, -0.15) is 0 Å². The van der Waals surface area contributed by atoms with Crippen LogP contribution in [-0.2, 0) is 4.79 Å². The van der Waals surface area contributed by atoms with Crippen LogP contribution in [0.15, 0.2) is 24.5 Å². The van der Waals surface area contributed by atoms with Crippen LogP contribution < -0.4 is 10.6 Å². The molecular weight excluding hydrogens is 154 g/mol. The highest BCUT2D eigenvalue weighted by atomic mass is 16.2. The third kappa shape index (κ3) is 1.29. The van der Waals surface area contributed by atoms with E-state index in [1.165, 1.54) is 0 Å². The van der Waals surface area contributed by atoms with Crippen LogP contribution in [0.5, 0.6) is 0 Å². The SMILES string of the molecule is O=C1CNC(c2cccnc2)N1. The largest absolute Gasteiger partial charge is 0.335 e. The van der Waals surface area contributed by atoms with Gasteiger partial charge in [0.05, 0.1) is 6.54 Å². The molecule has 2 heterocycles. The first kappa shape index (κ1) is 7.24. The average Bonchev–Trinajstić information content (AvgIpc) is 2.54. The lowest BCUT2D eigenvalue weighted by Gasteiger charge is -2.08. The number of hydrogen-bond donors (Lipinski definition) is 2. The molecule has 1 aliphatic rings. The van der Waals surface area contributed by atoms with Crippen molar-refractivity contribution in [2.24, 2.45) is 0 Å². The van der Waals surface area contributed by atoms with Crippen LogP contribution >= 0.6 is 0 Å². The van der Waals surface area contributed by atoms with Crippen molar-refractivity contribution >= 4 is 5.91 Å². The number of nitrogens with one attached hydrogen (secondary N) is 2. The van der Waals surface area contributed by atoms with Gasteiger partial charge >= 0.3 is 0 Å². The van der Waals surface area contributed by atoms with Gasteiger partial charge in [0.1, 0.15) is 6.17 Å². The summed E-state index contributed by atoms with van der Waals surface area (Å²) in [5, 5.41) is 5.80. The van der Waals surface area contributed by atoms with Crippen molar-refractivity contribution < 1.29 is 4.79 Å². The maximum Gasteiger partial charge on any atom is 0.235 e. The van der Waals surface area contributed by atoms with E-state index in [1.807, 2.05) is 12.1 Å². The number of carbonyl (C=O) groups is 1. The normalized spacial score (nSPS) is 22.3. The lowest BCUT2D eigenvalue weighted by Crippen LogP contribution is -2.22. The van der Waals surface area contributed by atoms with Gasteiger partial charge in [-0.1, -0.05) is 6.07 Å². The topological polar surface area (TPSA) is 54.0 Å². The Morgan fingerprint density at radius 1 is 1.58 bits per heavy atom. The molecule has 0 aromatic carbocycles. The number of hydrogen-bond acceptors (Lipinski definition) is 3. The highest BCUT2D eigenvalue weighted by molar-refractivity contribution is 5.80. The molecule has 1 aliphatic heterocycles. The Bertz CT molecular complexity index is 286. The molecule has 1 fully saturated rings. The molecule has 62 valence electrons. The van der Waals surface area contributed by atoms with Crippen molar-refractivity contribution in [2.45, 2.75) is 6.17 Å². The predicted molar refractivity (Wildman–Crippen MR) is 43.1 cm³/mol. The zero-order valence-corrected chi connectivity index (χ0v) is 6.45. The molecule has 1 atom stereocenters. The van der Waals surface area contributed by atoms with E-state index in [0.717, 1.165) is 5.56 Å². The summed E-state index contributed by atoms with van der Waals surface area (Å²) in [7, 11) is 0. The Hall–Kier alpha value is -1.42. The smallest absolute Gasteiger partial charge is 0.235 e. The standard InChI is InChI=1S/C8H9N3O/c12-7-5-10-8(11-7)6-2-1-3-9-4-6/h1-4,8,10H,5H2,(H,11,12). The molecule has 2 rings (SSSR count). The number of pyridine rings is 1. The molecule has 0 radical (unpaired) electrons. The van der Waals surface area contributed by atoms with Crippen LogP contribution in [0.1, 0.15) is 11.7 Å². The van der Waals surface area contributed by atoms with Gasteiger partial charge in [0.2, 0.25) is 5.91 Å². The van der Waals surface area contributed by atoms with Gasteiger partial charge in [0.15, 0.2) is 0 Å². The Morgan fingerprint density at radius 2 is 2.50 bits per heavy atom. The van der Waals surface area contributed by atoms with Crippen LogP contribution in [0.3, 0.4) is 0 Å². The maximum atomic E-state index is 10.8. The van der Waals surface area contributed by atoms with E-state index in [0.29, 0.717) is 6.54 Å². The first-order valence-corrected chi connectivity index (χ1v) is 3.79. The summed E-state index contributed by atoms with van der Waals surface area (Å²) < 4.78 is 0. The number of rotatable bonds is 1. The summed E-state index contributed by atoms with van der Waals surface area (Å²) >= 11 is 0. The molecular formula is C8H9N3O. The molecule has 1 aromatic heterocycles. The minimum atomic E-state index is -0.0637. The summed E-state index contributed by atoms with van der Waals surface area (Å²) in [6, 6.07) is 3.78. The van der Waals surface area contributed by atoms with Crippen molar-refractivity contribution in [3.05, 3.63) is 30.1 Å². The molecule has 1 saturated heterocycles. The van der Waals surface area contributed by atoms with Crippen LogP contribution in [0.4, 0.5) is 0 Å². The third-order valence-electron chi connectivity index (χ3n) is 1.79. The van der Waals surface area contributed by atoms with Gasteiger partial charge in [0.25, 0.3) is 0 Å². The van der Waals surface area contributed by atoms with E-state index in [9.17, 15) is 4.79 Å². The van der Waals surface area contributed by atoms with Gasteiger partial charge in [-0.05, 0) is 6.07 Å². The Morgan fingerprint density at radius 3 is 3.08 bits per heavy atom. The van der Waals surface area contributed by atoms with Crippen molar-refractivity contribution in [2.75, 3.05) is 6.54 Å². The Labute approximate surface area is 70.0 Å². The highest BCUT2D eigenvalue weighted by Gasteiger charge is 2.20. The van der Waals surface area contributed by atoms with E-state index in [1.54, 1.807) is 12.4 Å². The summed E-state index contributed by atoms with van der Waals surface area (Å²) in [5.41, 5.74) is 0.989. The van der Waals surface area contributed by atoms with Gasteiger partial charge in [0, 0.05) is 18.0 Å². The predicted octanol–water partition coefficient (Wildman–Crippen LogP) is -0.200. The van der Waals surface area contributed by atoms with Crippen LogP contribution in [0, 0.1) is 0 Å². The highest BCUT2D eigenvalue weighted by Crippen LogP contribution is 2.09. The van der Waals surface area contributed by atoms with Crippen molar-refractivity contribution in [1.29, 1.82) is 0 Å². The number of nitrogens with zero attached hydrogens (tertiary/aromatic N) is 1. The lowest BCUT2D eigenvalue weighted by molar-refractivity contribution is -0.118. The van der Waals surface area contributed by atoms with Crippen molar-refractivity contribution in [3.63, 3.8) is 0 Å². The first-order valence-electron chi connectivity index (χ1n) is 3.79. The average molecular weight is 163 g/mol. The maximum absolute atomic E-state index is 10.8. The van der Waals surface area contributed by atoms with E-state index in [2.05, 4.69) is 15.6 Å². The fourth-order valence-electron chi connectivity index (χ4n) is 1.21. The van der Waals surface area contributed by atoms with E-state index in [4.69, 9.17) is 0 Å². The summed E-state index contributed by atoms with van der Waals surface area (Å²) in [6.45, 7) is 0.388. The Balaban J connectivity index is 2.16. The van der Waals surface area contributed by atoms with Crippen molar-refractivity contribution in [3.8, 4) is 0 Å². The Kier molecular flexibility index (Phi) is 1.75. The molecule has 4 nitrogen and oxygen atoms in total. The molecule has 1 unspecified atom stereocenters. The minimum absolute atomic E-state index is 0.0313. The van der Waals surface area contributed by atoms with Crippen molar-refractivity contribution in [1.82, 2.24) is 15.6 Å². The molecule has 0 spiro atoms. The number of carbonyl (C=O) groups excluding carboxylic acids is 1. The van der Waals surface area contributed by atoms with Gasteiger partial charge in [-0.25, -0.2) is 0 Å². The monoisotopic (exact) mass is 163 g/mol. The molecule has 12 heavy (non-hydrogen) atoms. The molecule has 0 saturated carbocycles. The second-order valence-electron chi connectivity index (χ2n) is 2.67. The zero-order valence-electron chi connectivity index (χ0n) is 6.45. The zero-order chi connectivity index (χ0) is 8.39. The molecule has 1 aromatic rings. The molecule has 4 heteroatoms. The number of amides is 1. The van der Waals surface area contributed by atoms with E-state index < -0.39 is 0 Å². The fraction of sp³-hybridized carbons (Fsp3) is 0.250. The molecule has 0 aliphatic carbocycles. The second kappa shape index (κ2) is 2.91. The van der Waals surface area contributed by atoms with Crippen LogP contribution in [0.25, 0.3) is 0 Å². The van der Waals surface area contributed by atoms with E-state index in [-0.39, 0.29) is 12.1 Å². The quantitative estimate of drug-likeness (QED) is 0.602. The summed E-state index contributed by atoms with van der Waals surface area (Å²) in [6.07, 6.45) is 3.38. The minimum Gasteiger partial charge on any atom is -0.335 e. The van der Waals surface area contributed by atoms with Crippen LogP contribution in [0.2, 0.25) is 0 Å². The fourth-order valence-corrected chi connectivity index (χ4v) is 1.21. The first-order chi connectivity index (χ1) is 5.86. The van der Waals surface area contributed by atoms with Gasteiger partial charge in [-0.3, -0.25) is 15.1 Å². The summed E-state index contributed by atoms with van der Waals surface area (Å²) in [5.74, 6) is 0.0313. The van der Waals surface area contributed by atoms with Gasteiger partial charge < -0.3 is 5.32 Å². The molecule has 0 bridgehead atoms. The van der Waals surface area contributed by atoms with Crippen LogP contribution in [-0.4, -0.2) is 17.4 Å². The third-order valence-corrected chi connectivity index (χ3v) is 1.79. The molecule has 1 amide bonds.